The van der Waals surface area contributed by atoms with Crippen molar-refractivity contribution < 1.29 is 4.79 Å². The summed E-state index contributed by atoms with van der Waals surface area (Å²) in [6.45, 7) is 7.49. The van der Waals surface area contributed by atoms with E-state index >= 15 is 0 Å². The van der Waals surface area contributed by atoms with Crippen LogP contribution >= 0.6 is 0 Å². The molecule has 1 atom stereocenters. The van der Waals surface area contributed by atoms with Gasteiger partial charge in [0.15, 0.2) is 0 Å². The first kappa shape index (κ1) is 15.7. The molecule has 0 aliphatic heterocycles. The van der Waals surface area contributed by atoms with Crippen molar-refractivity contribution in [1.82, 2.24) is 4.90 Å². The predicted molar refractivity (Wildman–Crippen MR) is 79.8 cm³/mol. The standard InChI is InChI=1S/C16H26N2O/c1-12-7-8-15(14(3)10-12)11-18(4)16(19)13(2)6-5-9-17/h7-8,10,13H,5-6,9,11,17H2,1-4H3. The number of amides is 1. The average Bonchev–Trinajstić information content (AvgIpc) is 2.38. The smallest absolute Gasteiger partial charge is 0.225 e. The van der Waals surface area contributed by atoms with Crippen molar-refractivity contribution in [1.29, 1.82) is 0 Å². The second-order valence-electron chi connectivity index (χ2n) is 5.46. The Bertz CT molecular complexity index is 429. The first-order valence-electron chi connectivity index (χ1n) is 6.97. The van der Waals surface area contributed by atoms with Crippen LogP contribution in [0, 0.1) is 19.8 Å². The van der Waals surface area contributed by atoms with Gasteiger partial charge in [-0.1, -0.05) is 30.7 Å². The molecule has 3 heteroatoms. The number of rotatable bonds is 6. The van der Waals surface area contributed by atoms with E-state index in [2.05, 4.69) is 32.0 Å². The van der Waals surface area contributed by atoms with Gasteiger partial charge in [0.05, 0.1) is 0 Å². The fourth-order valence-electron chi connectivity index (χ4n) is 2.28. The van der Waals surface area contributed by atoms with Gasteiger partial charge in [0.2, 0.25) is 5.91 Å². The Morgan fingerprint density at radius 1 is 1.37 bits per heavy atom. The van der Waals surface area contributed by atoms with Gasteiger partial charge in [-0.15, -0.1) is 0 Å². The molecule has 0 bridgehead atoms. The summed E-state index contributed by atoms with van der Waals surface area (Å²) in [6, 6.07) is 6.36. The topological polar surface area (TPSA) is 46.3 Å². The minimum atomic E-state index is 0.0549. The van der Waals surface area contributed by atoms with Gasteiger partial charge in [0, 0.05) is 19.5 Å². The van der Waals surface area contributed by atoms with Crippen LogP contribution in [-0.2, 0) is 11.3 Å². The van der Waals surface area contributed by atoms with Crippen molar-refractivity contribution >= 4 is 5.91 Å². The summed E-state index contributed by atoms with van der Waals surface area (Å²) < 4.78 is 0. The Kier molecular flexibility index (Phi) is 6.03. The van der Waals surface area contributed by atoms with Gasteiger partial charge in [-0.3, -0.25) is 4.79 Å². The summed E-state index contributed by atoms with van der Waals surface area (Å²) in [7, 11) is 1.88. The lowest BCUT2D eigenvalue weighted by Crippen LogP contribution is -2.31. The van der Waals surface area contributed by atoms with Crippen LogP contribution in [0.4, 0.5) is 0 Å². The molecule has 0 aromatic heterocycles. The maximum Gasteiger partial charge on any atom is 0.225 e. The van der Waals surface area contributed by atoms with Crippen LogP contribution in [0.15, 0.2) is 18.2 Å². The highest BCUT2D eigenvalue weighted by atomic mass is 16.2. The van der Waals surface area contributed by atoms with E-state index in [0.29, 0.717) is 13.1 Å². The molecule has 1 unspecified atom stereocenters. The highest BCUT2D eigenvalue weighted by molar-refractivity contribution is 5.78. The van der Waals surface area contributed by atoms with Crippen LogP contribution < -0.4 is 5.73 Å². The molecule has 1 amide bonds. The Hall–Kier alpha value is -1.35. The molecule has 0 fully saturated rings. The van der Waals surface area contributed by atoms with E-state index in [-0.39, 0.29) is 11.8 Å². The molecular formula is C16H26N2O. The Morgan fingerprint density at radius 2 is 2.05 bits per heavy atom. The Balaban J connectivity index is 2.63. The number of benzene rings is 1. The lowest BCUT2D eigenvalue weighted by molar-refractivity contribution is -0.134. The summed E-state index contributed by atoms with van der Waals surface area (Å²) >= 11 is 0. The molecule has 0 aliphatic carbocycles. The van der Waals surface area contributed by atoms with Crippen molar-refractivity contribution in [3.8, 4) is 0 Å². The average molecular weight is 262 g/mol. The number of hydrogen-bond donors (Lipinski definition) is 1. The van der Waals surface area contributed by atoms with Gasteiger partial charge in [-0.05, 0) is 44.4 Å². The lowest BCUT2D eigenvalue weighted by Gasteiger charge is -2.22. The Labute approximate surface area is 116 Å². The van der Waals surface area contributed by atoms with E-state index in [9.17, 15) is 4.79 Å². The van der Waals surface area contributed by atoms with Gasteiger partial charge < -0.3 is 10.6 Å². The van der Waals surface area contributed by atoms with Crippen LogP contribution in [0.5, 0.6) is 0 Å². The molecule has 0 radical (unpaired) electrons. The minimum absolute atomic E-state index is 0.0549. The monoisotopic (exact) mass is 262 g/mol. The molecule has 1 aromatic rings. The van der Waals surface area contributed by atoms with Crippen molar-refractivity contribution in [2.45, 2.75) is 40.2 Å². The highest BCUT2D eigenvalue weighted by Gasteiger charge is 2.17. The molecule has 1 aromatic carbocycles. The third-order valence-electron chi connectivity index (χ3n) is 3.54. The number of nitrogens with two attached hydrogens (primary N) is 1. The number of hydrogen-bond acceptors (Lipinski definition) is 2. The molecule has 1 rings (SSSR count). The summed E-state index contributed by atoms with van der Waals surface area (Å²) in [6.07, 6.45) is 1.77. The van der Waals surface area contributed by atoms with Crippen LogP contribution in [0.1, 0.15) is 36.5 Å². The van der Waals surface area contributed by atoms with E-state index in [1.54, 1.807) is 0 Å². The number of carbonyl (C=O) groups is 1. The van der Waals surface area contributed by atoms with Crippen molar-refractivity contribution in [2.75, 3.05) is 13.6 Å². The molecule has 0 aliphatic rings. The Morgan fingerprint density at radius 3 is 2.63 bits per heavy atom. The third kappa shape index (κ3) is 4.67. The van der Waals surface area contributed by atoms with Crippen molar-refractivity contribution in [3.63, 3.8) is 0 Å². The second-order valence-corrected chi connectivity index (χ2v) is 5.46. The molecule has 2 N–H and O–H groups in total. The van der Waals surface area contributed by atoms with Gasteiger partial charge >= 0.3 is 0 Å². The number of aryl methyl sites for hydroxylation is 2. The van der Waals surface area contributed by atoms with Crippen LogP contribution in [-0.4, -0.2) is 24.4 Å². The maximum absolute atomic E-state index is 12.2. The van der Waals surface area contributed by atoms with E-state index in [1.807, 2.05) is 18.9 Å². The normalized spacial score (nSPS) is 12.3. The molecule has 106 valence electrons. The first-order valence-corrected chi connectivity index (χ1v) is 6.97. The van der Waals surface area contributed by atoms with E-state index < -0.39 is 0 Å². The summed E-state index contributed by atoms with van der Waals surface area (Å²) in [4.78, 5) is 14.0. The maximum atomic E-state index is 12.2. The van der Waals surface area contributed by atoms with Gasteiger partial charge in [0.1, 0.15) is 0 Å². The van der Waals surface area contributed by atoms with Crippen molar-refractivity contribution in [3.05, 3.63) is 34.9 Å². The number of carbonyl (C=O) groups excluding carboxylic acids is 1. The molecule has 0 heterocycles. The summed E-state index contributed by atoms with van der Waals surface area (Å²) in [5.41, 5.74) is 9.20. The van der Waals surface area contributed by atoms with E-state index in [4.69, 9.17) is 5.73 Å². The minimum Gasteiger partial charge on any atom is -0.341 e. The molecule has 19 heavy (non-hydrogen) atoms. The molecule has 3 nitrogen and oxygen atoms in total. The lowest BCUT2D eigenvalue weighted by atomic mass is 10.0. The van der Waals surface area contributed by atoms with Crippen molar-refractivity contribution in [2.24, 2.45) is 11.7 Å². The SMILES string of the molecule is Cc1ccc(CN(C)C(=O)C(C)CCCN)c(C)c1. The third-order valence-corrected chi connectivity index (χ3v) is 3.54. The largest absolute Gasteiger partial charge is 0.341 e. The zero-order valence-electron chi connectivity index (χ0n) is 12.6. The van der Waals surface area contributed by atoms with E-state index in [0.717, 1.165) is 12.8 Å². The second kappa shape index (κ2) is 7.29. The summed E-state index contributed by atoms with van der Waals surface area (Å²) in [5.74, 6) is 0.257. The van der Waals surface area contributed by atoms with E-state index in [1.165, 1.54) is 16.7 Å². The molecule has 0 saturated heterocycles. The van der Waals surface area contributed by atoms with Gasteiger partial charge in [-0.25, -0.2) is 0 Å². The predicted octanol–water partition coefficient (Wildman–Crippen LogP) is 2.64. The van der Waals surface area contributed by atoms with Crippen LogP contribution in [0.25, 0.3) is 0 Å². The van der Waals surface area contributed by atoms with Crippen LogP contribution in [0.3, 0.4) is 0 Å². The quantitative estimate of drug-likeness (QED) is 0.856. The first-order chi connectivity index (χ1) is 8.95. The molecule has 0 saturated carbocycles. The fourth-order valence-corrected chi connectivity index (χ4v) is 2.28. The van der Waals surface area contributed by atoms with Gasteiger partial charge in [0.25, 0.3) is 0 Å². The highest BCUT2D eigenvalue weighted by Crippen LogP contribution is 2.15. The van der Waals surface area contributed by atoms with Crippen LogP contribution in [0.2, 0.25) is 0 Å². The number of nitrogens with zero attached hydrogens (tertiary/aromatic N) is 1. The summed E-state index contributed by atoms with van der Waals surface area (Å²) in [5, 5.41) is 0. The molecular weight excluding hydrogens is 236 g/mol. The zero-order valence-corrected chi connectivity index (χ0v) is 12.6. The fraction of sp³-hybridized carbons (Fsp3) is 0.562. The molecule has 0 spiro atoms. The zero-order chi connectivity index (χ0) is 14.4. The van der Waals surface area contributed by atoms with Gasteiger partial charge in [-0.2, -0.15) is 0 Å².